The minimum Gasteiger partial charge on any atom is -0.479 e. The Morgan fingerprint density at radius 2 is 2.06 bits per heavy atom. The molecule has 1 aliphatic rings. The number of hydrogen-bond donors (Lipinski definition) is 2. The van der Waals surface area contributed by atoms with Gasteiger partial charge in [-0.25, -0.2) is 19.7 Å². The van der Waals surface area contributed by atoms with Crippen molar-refractivity contribution in [3.63, 3.8) is 0 Å². The third kappa shape index (κ3) is 4.76. The van der Waals surface area contributed by atoms with E-state index in [1.165, 1.54) is 0 Å². The first-order chi connectivity index (χ1) is 15.6. The van der Waals surface area contributed by atoms with Gasteiger partial charge in [0.15, 0.2) is 11.9 Å². The van der Waals surface area contributed by atoms with Gasteiger partial charge >= 0.3 is 5.97 Å². The van der Waals surface area contributed by atoms with Crippen LogP contribution in [0.2, 0.25) is 0 Å². The highest BCUT2D eigenvalue weighted by Gasteiger charge is 2.25. The molecule has 3 aromatic rings. The minimum absolute atomic E-state index is 0.283. The van der Waals surface area contributed by atoms with Crippen LogP contribution in [0, 0.1) is 0 Å². The summed E-state index contributed by atoms with van der Waals surface area (Å²) in [5, 5.41) is 13.3. The summed E-state index contributed by atoms with van der Waals surface area (Å²) >= 11 is 1.59. The van der Waals surface area contributed by atoms with Gasteiger partial charge in [0.2, 0.25) is 5.88 Å². The lowest BCUT2D eigenvalue weighted by atomic mass is 10.1. The number of anilines is 3. The van der Waals surface area contributed by atoms with Gasteiger partial charge in [-0.15, -0.1) is 0 Å². The van der Waals surface area contributed by atoms with Crippen molar-refractivity contribution in [1.82, 2.24) is 15.0 Å². The molecular weight excluding hydrogens is 430 g/mol. The number of carboxylic acid groups (broad SMARTS) is 1. The van der Waals surface area contributed by atoms with Crippen LogP contribution in [0.4, 0.5) is 17.2 Å². The number of nitrogens with one attached hydrogen (secondary N) is 1. The molecule has 0 amide bonds. The molecule has 4 rings (SSSR count). The summed E-state index contributed by atoms with van der Waals surface area (Å²) in [4.78, 5) is 27.3. The molecule has 1 aliphatic heterocycles. The van der Waals surface area contributed by atoms with Gasteiger partial charge in [0.25, 0.3) is 0 Å². The average molecular weight is 454 g/mol. The third-order valence-corrected chi connectivity index (χ3v) is 5.87. The first-order valence-electron chi connectivity index (χ1n) is 10.1. The predicted molar refractivity (Wildman–Crippen MR) is 121 cm³/mol. The zero-order valence-electron chi connectivity index (χ0n) is 17.7. The summed E-state index contributed by atoms with van der Waals surface area (Å²) in [6.07, 6.45) is 4.46. The Bertz CT molecular complexity index is 1100. The van der Waals surface area contributed by atoms with Crippen LogP contribution in [0.25, 0.3) is 0 Å². The van der Waals surface area contributed by atoms with E-state index in [-0.39, 0.29) is 5.88 Å². The molecule has 1 aromatic carbocycles. The lowest BCUT2D eigenvalue weighted by Crippen LogP contribution is -2.26. The number of carboxylic acids is 1. The van der Waals surface area contributed by atoms with Crippen LogP contribution in [0.1, 0.15) is 18.9 Å². The van der Waals surface area contributed by atoms with E-state index in [1.807, 2.05) is 11.0 Å². The summed E-state index contributed by atoms with van der Waals surface area (Å²) in [6, 6.07) is 9.72. The molecule has 0 fully saturated rings. The maximum absolute atomic E-state index is 11.1. The number of aliphatic carboxylic acids is 1. The van der Waals surface area contributed by atoms with Crippen LogP contribution in [0.3, 0.4) is 0 Å². The van der Waals surface area contributed by atoms with Crippen molar-refractivity contribution in [2.24, 2.45) is 0 Å². The SMILES string of the molecule is CCC(Oc1ccc(NCc2ccc3c(c2)N(COC)c2nccnc2S3)cn1)C(=O)O. The van der Waals surface area contributed by atoms with E-state index in [0.29, 0.717) is 19.7 Å². The van der Waals surface area contributed by atoms with Gasteiger partial charge in [-0.2, -0.15) is 0 Å². The van der Waals surface area contributed by atoms with Gasteiger partial charge in [0.1, 0.15) is 11.8 Å². The van der Waals surface area contributed by atoms with Crippen molar-refractivity contribution >= 4 is 34.9 Å². The van der Waals surface area contributed by atoms with Crippen LogP contribution < -0.4 is 15.0 Å². The highest BCUT2D eigenvalue weighted by molar-refractivity contribution is 7.99. The molecule has 1 atom stereocenters. The number of aromatic nitrogens is 3. The number of hydrogen-bond acceptors (Lipinski definition) is 9. The molecule has 32 heavy (non-hydrogen) atoms. The van der Waals surface area contributed by atoms with Gasteiger partial charge in [0, 0.05) is 37.0 Å². The Hall–Kier alpha value is -3.37. The number of rotatable bonds is 9. The average Bonchev–Trinajstić information content (AvgIpc) is 2.81. The lowest BCUT2D eigenvalue weighted by Gasteiger charge is -2.30. The molecule has 0 spiro atoms. The van der Waals surface area contributed by atoms with Crippen LogP contribution in [0.5, 0.6) is 5.88 Å². The normalized spacial score (nSPS) is 13.1. The number of pyridine rings is 1. The van der Waals surface area contributed by atoms with E-state index in [9.17, 15) is 4.79 Å². The Balaban J connectivity index is 1.45. The first kappa shape index (κ1) is 21.8. The van der Waals surface area contributed by atoms with Crippen molar-refractivity contribution in [2.45, 2.75) is 35.9 Å². The molecule has 10 heteroatoms. The number of fused-ring (bicyclic) bond motifs is 2. The van der Waals surface area contributed by atoms with E-state index < -0.39 is 12.1 Å². The molecule has 0 saturated heterocycles. The van der Waals surface area contributed by atoms with E-state index >= 15 is 0 Å². The second-order valence-corrected chi connectivity index (χ2v) is 8.06. The number of ether oxygens (including phenoxy) is 2. The van der Waals surface area contributed by atoms with Gasteiger partial charge in [0.05, 0.1) is 17.6 Å². The summed E-state index contributed by atoms with van der Waals surface area (Å²) in [7, 11) is 1.66. The van der Waals surface area contributed by atoms with Crippen LogP contribution in [0.15, 0.2) is 58.8 Å². The minimum atomic E-state index is -1.00. The van der Waals surface area contributed by atoms with Crippen molar-refractivity contribution < 1.29 is 19.4 Å². The Kier molecular flexibility index (Phi) is 6.72. The summed E-state index contributed by atoms with van der Waals surface area (Å²) in [6.45, 7) is 2.71. The predicted octanol–water partition coefficient (Wildman–Crippen LogP) is 3.93. The maximum Gasteiger partial charge on any atom is 0.344 e. The van der Waals surface area contributed by atoms with Crippen molar-refractivity contribution in [1.29, 1.82) is 0 Å². The Morgan fingerprint density at radius 3 is 2.78 bits per heavy atom. The first-order valence-corrected chi connectivity index (χ1v) is 10.9. The zero-order chi connectivity index (χ0) is 22.5. The number of methoxy groups -OCH3 is 1. The van der Waals surface area contributed by atoms with Gasteiger partial charge in [-0.1, -0.05) is 24.8 Å². The smallest absolute Gasteiger partial charge is 0.344 e. The largest absolute Gasteiger partial charge is 0.479 e. The molecule has 0 radical (unpaired) electrons. The fourth-order valence-corrected chi connectivity index (χ4v) is 4.22. The van der Waals surface area contributed by atoms with Crippen molar-refractivity contribution in [2.75, 3.05) is 24.1 Å². The summed E-state index contributed by atoms with van der Waals surface area (Å²) < 4.78 is 10.8. The number of benzene rings is 1. The van der Waals surface area contributed by atoms with E-state index in [1.54, 1.807) is 50.5 Å². The van der Waals surface area contributed by atoms with Gasteiger partial charge < -0.3 is 19.9 Å². The molecule has 2 N–H and O–H groups in total. The zero-order valence-corrected chi connectivity index (χ0v) is 18.5. The molecule has 1 unspecified atom stereocenters. The topological polar surface area (TPSA) is 110 Å². The highest BCUT2D eigenvalue weighted by atomic mass is 32.2. The molecule has 2 aromatic heterocycles. The van der Waals surface area contributed by atoms with Crippen LogP contribution in [-0.2, 0) is 16.1 Å². The van der Waals surface area contributed by atoms with Crippen molar-refractivity contribution in [3.8, 4) is 5.88 Å². The lowest BCUT2D eigenvalue weighted by molar-refractivity contribution is -0.145. The second-order valence-electron chi connectivity index (χ2n) is 7.03. The Morgan fingerprint density at radius 1 is 1.22 bits per heavy atom. The second kappa shape index (κ2) is 9.84. The standard InChI is InChI=1S/C22H23N5O4S/c1-3-17(22(28)29)31-19-7-5-15(12-26-19)25-11-14-4-6-18-16(10-14)27(13-30-2)20-21(32-18)24-9-8-23-20/h4-10,12,17,25H,3,11,13H2,1-2H3,(H,28,29). The fourth-order valence-electron chi connectivity index (χ4n) is 3.24. The van der Waals surface area contributed by atoms with Gasteiger partial charge in [-0.05, 0) is 30.2 Å². The molecule has 166 valence electrons. The molecule has 0 saturated carbocycles. The molecule has 9 nitrogen and oxygen atoms in total. The third-order valence-electron chi connectivity index (χ3n) is 4.82. The van der Waals surface area contributed by atoms with E-state index in [4.69, 9.17) is 14.6 Å². The Labute approximate surface area is 189 Å². The van der Waals surface area contributed by atoms with E-state index in [2.05, 4.69) is 38.5 Å². The highest BCUT2D eigenvalue weighted by Crippen LogP contribution is 2.46. The van der Waals surface area contributed by atoms with Crippen molar-refractivity contribution in [3.05, 3.63) is 54.5 Å². The van der Waals surface area contributed by atoms with Gasteiger partial charge in [-0.3, -0.25) is 4.90 Å². The van der Waals surface area contributed by atoms with Crippen LogP contribution in [-0.4, -0.2) is 46.0 Å². The molecule has 0 aliphatic carbocycles. The van der Waals surface area contributed by atoms with E-state index in [0.717, 1.165) is 32.7 Å². The maximum atomic E-state index is 11.1. The summed E-state index contributed by atoms with van der Waals surface area (Å²) in [5.74, 6) is 0.0623. The van der Waals surface area contributed by atoms with Crippen LogP contribution >= 0.6 is 11.8 Å². The molecule has 0 bridgehead atoms. The summed E-state index contributed by atoms with van der Waals surface area (Å²) in [5.41, 5.74) is 2.90. The fraction of sp³-hybridized carbons (Fsp3) is 0.273. The molecule has 3 heterocycles. The number of nitrogens with zero attached hydrogens (tertiary/aromatic N) is 4. The monoisotopic (exact) mass is 453 g/mol. The number of carbonyl (C=O) groups is 1. The quantitative estimate of drug-likeness (QED) is 0.494. The molecular formula is C22H23N5O4S.